The Morgan fingerprint density at radius 3 is 2.62 bits per heavy atom. The summed E-state index contributed by atoms with van der Waals surface area (Å²) in [5, 5.41) is 9.81. The lowest BCUT2D eigenvalue weighted by Gasteiger charge is -2.62. The molecule has 0 radical (unpaired) electrons. The van der Waals surface area contributed by atoms with Crippen LogP contribution < -0.4 is 0 Å². The molecule has 0 amide bonds. The van der Waals surface area contributed by atoms with Crippen molar-refractivity contribution in [1.29, 1.82) is 0 Å². The molecule has 4 fully saturated rings. The first-order chi connectivity index (χ1) is 12.5. The third-order valence-electron chi connectivity index (χ3n) is 9.78. The zero-order chi connectivity index (χ0) is 18.4. The van der Waals surface area contributed by atoms with Crippen LogP contribution in [0.25, 0.3) is 0 Å². The van der Waals surface area contributed by atoms with Gasteiger partial charge in [-0.05, 0) is 98.2 Å². The normalized spacial score (nSPS) is 50.6. The molecule has 0 aromatic heterocycles. The van der Waals surface area contributed by atoms with Crippen LogP contribution in [0.5, 0.6) is 0 Å². The molecule has 0 aliphatic heterocycles. The highest BCUT2D eigenvalue weighted by Gasteiger charge is 2.62. The summed E-state index contributed by atoms with van der Waals surface area (Å²) >= 11 is 0. The maximum Gasteiger partial charge on any atom is 0.119 e. The van der Waals surface area contributed by atoms with E-state index in [-0.39, 0.29) is 6.10 Å². The minimum atomic E-state index is 0.0505. The number of hydrogen-bond acceptors (Lipinski definition) is 3. The van der Waals surface area contributed by atoms with E-state index in [1.807, 2.05) is 0 Å². The summed E-state index contributed by atoms with van der Waals surface area (Å²) < 4.78 is 0. The van der Waals surface area contributed by atoms with Crippen LogP contribution in [0.1, 0.15) is 90.9 Å². The van der Waals surface area contributed by atoms with Gasteiger partial charge < -0.3 is 4.79 Å². The summed E-state index contributed by atoms with van der Waals surface area (Å²) in [6, 6.07) is 0. The Morgan fingerprint density at radius 2 is 1.85 bits per heavy atom. The molecule has 4 rings (SSSR count). The van der Waals surface area contributed by atoms with Crippen LogP contribution in [0.3, 0.4) is 0 Å². The summed E-state index contributed by atoms with van der Waals surface area (Å²) in [4.78, 5) is 15.9. The van der Waals surface area contributed by atoms with Gasteiger partial charge in [-0.15, -0.1) is 0 Å². The van der Waals surface area contributed by atoms with Crippen molar-refractivity contribution in [3.63, 3.8) is 0 Å². The number of carbonyl (C=O) groups is 1. The minimum absolute atomic E-state index is 0.0505. The van der Waals surface area contributed by atoms with E-state index in [0.29, 0.717) is 29.1 Å². The highest BCUT2D eigenvalue weighted by atomic mass is 17.1. The third kappa shape index (κ3) is 2.80. The number of fused-ring (bicyclic) bond motifs is 5. The van der Waals surface area contributed by atoms with E-state index in [9.17, 15) is 10.1 Å². The standard InChI is InChI=1S/C23H38O3/c1-22-12-5-3-8-17(22)15-20(26-25)21-18-10-9-16(7-4-6-14-24)23(18,2)13-11-19(21)22/h14,16-21,25H,3-13,15H2,1-2H3. The fraction of sp³-hybridized carbons (Fsp3) is 0.957. The molecule has 0 saturated heterocycles. The molecule has 4 aliphatic carbocycles. The molecule has 0 bridgehead atoms. The molecule has 0 aromatic carbocycles. The summed E-state index contributed by atoms with van der Waals surface area (Å²) in [6.45, 7) is 5.09. The Balaban J connectivity index is 1.59. The smallest absolute Gasteiger partial charge is 0.119 e. The van der Waals surface area contributed by atoms with Gasteiger partial charge in [0.2, 0.25) is 0 Å². The molecule has 0 aromatic rings. The van der Waals surface area contributed by atoms with Gasteiger partial charge in [-0.3, -0.25) is 5.26 Å². The maximum absolute atomic E-state index is 10.7. The fourth-order valence-corrected chi connectivity index (χ4v) is 8.37. The Hall–Kier alpha value is -0.410. The van der Waals surface area contributed by atoms with Gasteiger partial charge in [0.25, 0.3) is 0 Å². The average Bonchev–Trinajstić information content (AvgIpc) is 2.97. The Kier molecular flexibility index (Phi) is 5.24. The molecule has 0 spiro atoms. The van der Waals surface area contributed by atoms with E-state index in [1.165, 1.54) is 57.8 Å². The first kappa shape index (κ1) is 18.9. The van der Waals surface area contributed by atoms with Crippen LogP contribution in [0.4, 0.5) is 0 Å². The van der Waals surface area contributed by atoms with Crippen molar-refractivity contribution in [3.8, 4) is 0 Å². The van der Waals surface area contributed by atoms with E-state index in [1.54, 1.807) is 0 Å². The zero-order valence-electron chi connectivity index (χ0n) is 16.8. The predicted octanol–water partition coefficient (Wildman–Crippen LogP) is 5.87. The molecular formula is C23H38O3. The molecular weight excluding hydrogens is 324 g/mol. The third-order valence-corrected chi connectivity index (χ3v) is 9.78. The fourth-order valence-electron chi connectivity index (χ4n) is 8.37. The monoisotopic (exact) mass is 362 g/mol. The number of hydrogen-bond donors (Lipinski definition) is 1. The number of unbranched alkanes of at least 4 members (excludes halogenated alkanes) is 1. The van der Waals surface area contributed by atoms with Crippen molar-refractivity contribution in [3.05, 3.63) is 0 Å². The van der Waals surface area contributed by atoms with Crippen molar-refractivity contribution < 1.29 is 14.9 Å². The Labute approximate surface area is 159 Å². The molecule has 8 atom stereocenters. The molecule has 0 heterocycles. The van der Waals surface area contributed by atoms with Crippen LogP contribution >= 0.6 is 0 Å². The number of rotatable bonds is 5. The largest absolute Gasteiger partial charge is 0.303 e. The second kappa shape index (κ2) is 7.20. The van der Waals surface area contributed by atoms with Crippen molar-refractivity contribution in [1.82, 2.24) is 0 Å². The highest BCUT2D eigenvalue weighted by molar-refractivity contribution is 5.48. The van der Waals surface area contributed by atoms with Gasteiger partial charge in [0.1, 0.15) is 6.29 Å². The predicted molar refractivity (Wildman–Crippen MR) is 103 cm³/mol. The molecule has 3 heteroatoms. The lowest BCUT2D eigenvalue weighted by Crippen LogP contribution is -2.58. The SMILES string of the molecule is CC12CCC3C(C(OO)CC4CCCCC43C)C1CCC2CCCC=O. The maximum atomic E-state index is 10.7. The van der Waals surface area contributed by atoms with E-state index >= 15 is 0 Å². The van der Waals surface area contributed by atoms with Crippen LogP contribution in [0.15, 0.2) is 0 Å². The van der Waals surface area contributed by atoms with Crippen molar-refractivity contribution >= 4 is 6.29 Å². The van der Waals surface area contributed by atoms with Gasteiger partial charge in [-0.1, -0.05) is 26.7 Å². The Bertz CT molecular complexity index is 520. The van der Waals surface area contributed by atoms with Crippen molar-refractivity contribution in [2.75, 3.05) is 0 Å². The second-order valence-electron chi connectivity index (χ2n) is 10.5. The minimum Gasteiger partial charge on any atom is -0.303 e. The van der Waals surface area contributed by atoms with Crippen LogP contribution in [0, 0.1) is 40.4 Å². The summed E-state index contributed by atoms with van der Waals surface area (Å²) in [5.74, 6) is 3.45. The van der Waals surface area contributed by atoms with E-state index in [0.717, 1.165) is 36.9 Å². The number of carbonyl (C=O) groups excluding carboxylic acids is 1. The second-order valence-corrected chi connectivity index (χ2v) is 10.5. The summed E-state index contributed by atoms with van der Waals surface area (Å²) in [6.07, 6.45) is 15.9. The van der Waals surface area contributed by atoms with Crippen molar-refractivity contribution in [2.24, 2.45) is 40.4 Å². The number of aldehydes is 1. The molecule has 4 aliphatic rings. The molecule has 8 unspecified atom stereocenters. The lowest BCUT2D eigenvalue weighted by molar-refractivity contribution is -0.325. The topological polar surface area (TPSA) is 46.5 Å². The first-order valence-electron chi connectivity index (χ1n) is 11.3. The van der Waals surface area contributed by atoms with E-state index < -0.39 is 0 Å². The van der Waals surface area contributed by atoms with Crippen molar-refractivity contribution in [2.45, 2.75) is 97.0 Å². The van der Waals surface area contributed by atoms with Gasteiger partial charge in [-0.2, -0.15) is 0 Å². The van der Waals surface area contributed by atoms with Crippen LogP contribution in [-0.2, 0) is 9.68 Å². The lowest BCUT2D eigenvalue weighted by atomic mass is 9.44. The van der Waals surface area contributed by atoms with Gasteiger partial charge in [0.15, 0.2) is 0 Å². The summed E-state index contributed by atoms with van der Waals surface area (Å²) in [5.41, 5.74) is 0.855. The van der Waals surface area contributed by atoms with E-state index in [2.05, 4.69) is 13.8 Å². The average molecular weight is 363 g/mol. The molecule has 1 N–H and O–H groups in total. The first-order valence-corrected chi connectivity index (χ1v) is 11.3. The molecule has 4 saturated carbocycles. The molecule has 3 nitrogen and oxygen atoms in total. The molecule has 26 heavy (non-hydrogen) atoms. The van der Waals surface area contributed by atoms with Gasteiger partial charge in [-0.25, -0.2) is 4.89 Å². The van der Waals surface area contributed by atoms with Crippen LogP contribution in [-0.4, -0.2) is 17.6 Å². The molecule has 148 valence electrons. The highest BCUT2D eigenvalue weighted by Crippen LogP contribution is 2.68. The summed E-state index contributed by atoms with van der Waals surface area (Å²) in [7, 11) is 0. The quantitative estimate of drug-likeness (QED) is 0.288. The van der Waals surface area contributed by atoms with Gasteiger partial charge in [0.05, 0.1) is 6.10 Å². The zero-order valence-corrected chi connectivity index (χ0v) is 16.8. The van der Waals surface area contributed by atoms with E-state index in [4.69, 9.17) is 4.89 Å². The van der Waals surface area contributed by atoms with Gasteiger partial charge >= 0.3 is 0 Å². The van der Waals surface area contributed by atoms with Gasteiger partial charge in [0, 0.05) is 6.42 Å². The Morgan fingerprint density at radius 1 is 1.04 bits per heavy atom. The van der Waals surface area contributed by atoms with Crippen LogP contribution in [0.2, 0.25) is 0 Å².